The van der Waals surface area contributed by atoms with E-state index in [1.165, 1.54) is 5.56 Å². The Morgan fingerprint density at radius 3 is 2.00 bits per heavy atom. The van der Waals surface area contributed by atoms with Crippen molar-refractivity contribution >= 4 is 0 Å². The predicted molar refractivity (Wildman–Crippen MR) is 82.6 cm³/mol. The summed E-state index contributed by atoms with van der Waals surface area (Å²) < 4.78 is 5.70. The zero-order chi connectivity index (χ0) is 14.4. The summed E-state index contributed by atoms with van der Waals surface area (Å²) in [6, 6.07) is 8.94. The standard InChI is InChI=1S/C17H29NO/c1-7-18-17(14(6)12(2)3)15-8-10-16(11-9-15)19-13(4)5/h8-14,17-18H,7H2,1-6H3. The maximum atomic E-state index is 5.70. The summed E-state index contributed by atoms with van der Waals surface area (Å²) in [5.41, 5.74) is 1.35. The van der Waals surface area contributed by atoms with Crippen molar-refractivity contribution in [3.63, 3.8) is 0 Å². The molecule has 0 aliphatic heterocycles. The molecule has 0 saturated heterocycles. The molecule has 0 amide bonds. The topological polar surface area (TPSA) is 21.3 Å². The molecule has 1 rings (SSSR count). The second kappa shape index (κ2) is 7.54. The van der Waals surface area contributed by atoms with Gasteiger partial charge < -0.3 is 10.1 Å². The van der Waals surface area contributed by atoms with Crippen LogP contribution in [0.5, 0.6) is 5.75 Å². The van der Waals surface area contributed by atoms with Crippen LogP contribution < -0.4 is 10.1 Å². The molecule has 0 aliphatic carbocycles. The maximum Gasteiger partial charge on any atom is 0.119 e. The number of benzene rings is 1. The zero-order valence-electron chi connectivity index (χ0n) is 13.2. The van der Waals surface area contributed by atoms with Crippen molar-refractivity contribution in [2.75, 3.05) is 6.54 Å². The first-order valence-electron chi connectivity index (χ1n) is 7.45. The van der Waals surface area contributed by atoms with Crippen LogP contribution in [0.1, 0.15) is 53.1 Å². The van der Waals surface area contributed by atoms with Crippen molar-refractivity contribution in [1.82, 2.24) is 5.32 Å². The molecule has 0 heterocycles. The van der Waals surface area contributed by atoms with E-state index in [0.717, 1.165) is 12.3 Å². The Morgan fingerprint density at radius 2 is 1.58 bits per heavy atom. The zero-order valence-corrected chi connectivity index (χ0v) is 13.2. The summed E-state index contributed by atoms with van der Waals surface area (Å²) in [5, 5.41) is 3.60. The molecule has 0 bridgehead atoms. The quantitative estimate of drug-likeness (QED) is 0.786. The van der Waals surface area contributed by atoms with Crippen molar-refractivity contribution in [2.24, 2.45) is 11.8 Å². The van der Waals surface area contributed by atoms with E-state index in [1.807, 2.05) is 0 Å². The van der Waals surface area contributed by atoms with Crippen molar-refractivity contribution in [2.45, 2.75) is 53.7 Å². The number of nitrogens with one attached hydrogen (secondary N) is 1. The predicted octanol–water partition coefficient (Wildman–Crippen LogP) is 4.42. The van der Waals surface area contributed by atoms with Crippen LogP contribution in [-0.4, -0.2) is 12.6 Å². The van der Waals surface area contributed by atoms with Gasteiger partial charge in [0.05, 0.1) is 6.10 Å². The van der Waals surface area contributed by atoms with Gasteiger partial charge in [-0.15, -0.1) is 0 Å². The summed E-state index contributed by atoms with van der Waals surface area (Å²) in [6.07, 6.45) is 0.227. The van der Waals surface area contributed by atoms with Gasteiger partial charge in [-0.05, 0) is 49.9 Å². The van der Waals surface area contributed by atoms with Crippen molar-refractivity contribution in [3.8, 4) is 5.75 Å². The Labute approximate surface area is 118 Å². The average molecular weight is 263 g/mol. The molecule has 2 atom stereocenters. The number of ether oxygens (including phenoxy) is 1. The minimum absolute atomic E-state index is 0.227. The van der Waals surface area contributed by atoms with Gasteiger partial charge in [-0.3, -0.25) is 0 Å². The van der Waals surface area contributed by atoms with E-state index in [1.54, 1.807) is 0 Å². The summed E-state index contributed by atoms with van der Waals surface area (Å²) in [6.45, 7) is 14.1. The van der Waals surface area contributed by atoms with Gasteiger partial charge in [0.25, 0.3) is 0 Å². The summed E-state index contributed by atoms with van der Waals surface area (Å²) in [7, 11) is 0. The molecule has 108 valence electrons. The largest absolute Gasteiger partial charge is 0.491 e. The van der Waals surface area contributed by atoms with Gasteiger partial charge in [0.2, 0.25) is 0 Å². The summed E-state index contributed by atoms with van der Waals surface area (Å²) in [5.74, 6) is 2.22. The minimum atomic E-state index is 0.227. The summed E-state index contributed by atoms with van der Waals surface area (Å²) >= 11 is 0. The van der Waals surface area contributed by atoms with Gasteiger partial charge in [-0.2, -0.15) is 0 Å². The molecule has 0 spiro atoms. The fourth-order valence-electron chi connectivity index (χ4n) is 2.24. The van der Waals surface area contributed by atoms with Gasteiger partial charge in [-0.1, -0.05) is 39.8 Å². The Morgan fingerprint density at radius 1 is 1.00 bits per heavy atom. The molecule has 2 unspecified atom stereocenters. The van der Waals surface area contributed by atoms with E-state index < -0.39 is 0 Å². The highest BCUT2D eigenvalue weighted by Crippen LogP contribution is 2.29. The summed E-state index contributed by atoms with van der Waals surface area (Å²) in [4.78, 5) is 0. The first kappa shape index (κ1) is 16.0. The first-order chi connectivity index (χ1) is 8.95. The lowest BCUT2D eigenvalue weighted by Crippen LogP contribution is -2.29. The molecule has 0 radical (unpaired) electrons. The molecule has 1 aromatic carbocycles. The highest BCUT2D eigenvalue weighted by molar-refractivity contribution is 5.29. The molecule has 0 aromatic heterocycles. The van der Waals surface area contributed by atoms with Crippen LogP contribution >= 0.6 is 0 Å². The van der Waals surface area contributed by atoms with E-state index in [2.05, 4.69) is 71.1 Å². The minimum Gasteiger partial charge on any atom is -0.491 e. The van der Waals surface area contributed by atoms with Crippen molar-refractivity contribution in [3.05, 3.63) is 29.8 Å². The molecule has 1 aromatic rings. The molecular weight excluding hydrogens is 234 g/mol. The van der Waals surface area contributed by atoms with Gasteiger partial charge in [0.1, 0.15) is 5.75 Å². The fourth-order valence-corrected chi connectivity index (χ4v) is 2.24. The maximum absolute atomic E-state index is 5.70. The lowest BCUT2D eigenvalue weighted by molar-refractivity contribution is 0.242. The number of rotatable bonds is 7. The van der Waals surface area contributed by atoms with E-state index in [0.29, 0.717) is 17.9 Å². The van der Waals surface area contributed by atoms with Gasteiger partial charge in [0, 0.05) is 6.04 Å². The third-order valence-corrected chi connectivity index (χ3v) is 3.61. The molecule has 0 aliphatic rings. The van der Waals surface area contributed by atoms with Crippen LogP contribution in [0.4, 0.5) is 0 Å². The van der Waals surface area contributed by atoms with E-state index in [-0.39, 0.29) is 6.10 Å². The average Bonchev–Trinajstić information content (AvgIpc) is 2.35. The molecule has 0 fully saturated rings. The van der Waals surface area contributed by atoms with Gasteiger partial charge in [0.15, 0.2) is 0 Å². The SMILES string of the molecule is CCNC(c1ccc(OC(C)C)cc1)C(C)C(C)C. The van der Waals surface area contributed by atoms with E-state index in [9.17, 15) is 0 Å². The monoisotopic (exact) mass is 263 g/mol. The Bertz CT molecular complexity index is 356. The third kappa shape index (κ3) is 4.87. The lowest BCUT2D eigenvalue weighted by atomic mass is 9.86. The van der Waals surface area contributed by atoms with Gasteiger partial charge >= 0.3 is 0 Å². The second-order valence-electron chi connectivity index (χ2n) is 5.87. The van der Waals surface area contributed by atoms with Crippen LogP contribution in [0.15, 0.2) is 24.3 Å². The molecule has 19 heavy (non-hydrogen) atoms. The van der Waals surface area contributed by atoms with E-state index >= 15 is 0 Å². The van der Waals surface area contributed by atoms with Crippen molar-refractivity contribution in [1.29, 1.82) is 0 Å². The molecule has 2 heteroatoms. The fraction of sp³-hybridized carbons (Fsp3) is 0.647. The molecular formula is C17H29NO. The normalized spacial score (nSPS) is 14.7. The second-order valence-corrected chi connectivity index (χ2v) is 5.87. The lowest BCUT2D eigenvalue weighted by Gasteiger charge is -2.28. The Hall–Kier alpha value is -1.02. The highest BCUT2D eigenvalue weighted by atomic mass is 16.5. The van der Waals surface area contributed by atoms with Crippen LogP contribution in [-0.2, 0) is 0 Å². The van der Waals surface area contributed by atoms with Crippen molar-refractivity contribution < 1.29 is 4.74 Å². The highest BCUT2D eigenvalue weighted by Gasteiger charge is 2.21. The van der Waals surface area contributed by atoms with Crippen LogP contribution in [0.25, 0.3) is 0 Å². The van der Waals surface area contributed by atoms with Crippen LogP contribution in [0.2, 0.25) is 0 Å². The molecule has 1 N–H and O–H groups in total. The Balaban J connectivity index is 2.85. The third-order valence-electron chi connectivity index (χ3n) is 3.61. The smallest absolute Gasteiger partial charge is 0.119 e. The van der Waals surface area contributed by atoms with Gasteiger partial charge in [-0.25, -0.2) is 0 Å². The Kier molecular flexibility index (Phi) is 6.36. The van der Waals surface area contributed by atoms with E-state index in [4.69, 9.17) is 4.74 Å². The number of hydrogen-bond donors (Lipinski definition) is 1. The van der Waals surface area contributed by atoms with Crippen LogP contribution in [0.3, 0.4) is 0 Å². The van der Waals surface area contributed by atoms with Crippen LogP contribution in [0, 0.1) is 11.8 Å². The number of hydrogen-bond acceptors (Lipinski definition) is 2. The first-order valence-corrected chi connectivity index (χ1v) is 7.45. The molecule has 2 nitrogen and oxygen atoms in total. The molecule has 0 saturated carbocycles.